The molecule has 0 aromatic heterocycles. The lowest BCUT2D eigenvalue weighted by Crippen LogP contribution is -2.53. The van der Waals surface area contributed by atoms with Crippen LogP contribution in [0.25, 0.3) is 0 Å². The van der Waals surface area contributed by atoms with Crippen molar-refractivity contribution in [2.75, 3.05) is 26.3 Å². The Labute approximate surface area is 101 Å². The van der Waals surface area contributed by atoms with Crippen LogP contribution in [0.4, 0.5) is 4.79 Å². The Morgan fingerprint density at radius 3 is 2.53 bits per heavy atom. The minimum absolute atomic E-state index is 0.111. The van der Waals surface area contributed by atoms with Crippen molar-refractivity contribution in [2.45, 2.75) is 26.8 Å². The normalized spacial score (nSPS) is 19.0. The highest BCUT2D eigenvalue weighted by molar-refractivity contribution is 5.96. The van der Waals surface area contributed by atoms with E-state index in [2.05, 4.69) is 22.9 Å². The molecule has 0 bridgehead atoms. The fourth-order valence-corrected chi connectivity index (χ4v) is 1.47. The number of hydrogen-bond donors (Lipinski definition) is 3. The Kier molecular flexibility index (Phi) is 4.89. The highest BCUT2D eigenvalue weighted by atomic mass is 16.5. The molecule has 6 nitrogen and oxygen atoms in total. The number of imide groups is 1. The number of urea groups is 1. The van der Waals surface area contributed by atoms with Crippen molar-refractivity contribution in [3.8, 4) is 0 Å². The van der Waals surface area contributed by atoms with Crippen molar-refractivity contribution in [3.05, 3.63) is 0 Å². The van der Waals surface area contributed by atoms with Crippen LogP contribution in [0.1, 0.15) is 20.8 Å². The molecular formula is C11H21N3O3. The van der Waals surface area contributed by atoms with Gasteiger partial charge < -0.3 is 15.4 Å². The van der Waals surface area contributed by atoms with Crippen LogP contribution in [-0.4, -0.2) is 44.3 Å². The van der Waals surface area contributed by atoms with Gasteiger partial charge in [-0.25, -0.2) is 4.79 Å². The smallest absolute Gasteiger partial charge is 0.321 e. The predicted octanol–water partition coefficient (Wildman–Crippen LogP) is -0.153. The third-order valence-electron chi connectivity index (χ3n) is 2.70. The van der Waals surface area contributed by atoms with Gasteiger partial charge in [-0.3, -0.25) is 10.1 Å². The summed E-state index contributed by atoms with van der Waals surface area (Å²) in [7, 11) is 0. The molecule has 1 rings (SSSR count). The molecule has 98 valence electrons. The quantitative estimate of drug-likeness (QED) is 0.627. The summed E-state index contributed by atoms with van der Waals surface area (Å²) in [6.07, 6.45) is 0. The zero-order valence-corrected chi connectivity index (χ0v) is 10.6. The number of rotatable bonds is 5. The van der Waals surface area contributed by atoms with Crippen LogP contribution >= 0.6 is 0 Å². The molecule has 1 unspecified atom stereocenters. The maximum Gasteiger partial charge on any atom is 0.321 e. The summed E-state index contributed by atoms with van der Waals surface area (Å²) in [6, 6.07) is -0.848. The van der Waals surface area contributed by atoms with Gasteiger partial charge in [-0.05, 0) is 13.8 Å². The van der Waals surface area contributed by atoms with Crippen LogP contribution in [0.15, 0.2) is 0 Å². The maximum absolute atomic E-state index is 11.6. The Bertz CT molecular complexity index is 290. The first-order chi connectivity index (χ1) is 7.97. The first-order valence-corrected chi connectivity index (χ1v) is 5.87. The molecule has 6 heteroatoms. The van der Waals surface area contributed by atoms with Gasteiger partial charge in [0.1, 0.15) is 0 Å². The Hall–Kier alpha value is -1.14. The zero-order chi connectivity index (χ0) is 12.9. The summed E-state index contributed by atoms with van der Waals surface area (Å²) < 4.78 is 5.12. The molecule has 0 aliphatic carbocycles. The maximum atomic E-state index is 11.6. The minimum Gasteiger partial charge on any atom is -0.380 e. The zero-order valence-electron chi connectivity index (χ0n) is 10.6. The van der Waals surface area contributed by atoms with E-state index in [-0.39, 0.29) is 11.3 Å². The van der Waals surface area contributed by atoms with E-state index in [1.54, 1.807) is 13.8 Å². The van der Waals surface area contributed by atoms with Crippen LogP contribution in [0.2, 0.25) is 0 Å². The molecule has 3 amide bonds. The van der Waals surface area contributed by atoms with Crippen molar-refractivity contribution < 1.29 is 14.3 Å². The van der Waals surface area contributed by atoms with Crippen molar-refractivity contribution in [2.24, 2.45) is 5.41 Å². The summed E-state index contributed by atoms with van der Waals surface area (Å²) in [6.45, 7) is 8.25. The number of ether oxygens (including phenoxy) is 1. The Morgan fingerprint density at radius 1 is 1.41 bits per heavy atom. The fraction of sp³-hybridized carbons (Fsp3) is 0.818. The minimum atomic E-state index is -0.454. The molecule has 0 spiro atoms. The molecule has 1 aliphatic rings. The SMILES string of the molecule is CCNC(=O)NC(=O)C(C)NCC1(C)COC1. The predicted molar refractivity (Wildman–Crippen MR) is 63.6 cm³/mol. The average molecular weight is 243 g/mol. The monoisotopic (exact) mass is 243 g/mol. The highest BCUT2D eigenvalue weighted by Crippen LogP contribution is 2.25. The molecule has 17 heavy (non-hydrogen) atoms. The summed E-state index contributed by atoms with van der Waals surface area (Å²) >= 11 is 0. The molecule has 0 saturated carbocycles. The molecule has 0 aromatic rings. The number of nitrogens with one attached hydrogen (secondary N) is 3. The van der Waals surface area contributed by atoms with Gasteiger partial charge in [-0.2, -0.15) is 0 Å². The first kappa shape index (κ1) is 13.9. The van der Waals surface area contributed by atoms with Gasteiger partial charge in [0.15, 0.2) is 0 Å². The fourth-order valence-electron chi connectivity index (χ4n) is 1.47. The van der Waals surface area contributed by atoms with Gasteiger partial charge in [0.05, 0.1) is 19.3 Å². The van der Waals surface area contributed by atoms with Crippen molar-refractivity contribution >= 4 is 11.9 Å². The van der Waals surface area contributed by atoms with E-state index in [1.807, 2.05) is 0 Å². The molecular weight excluding hydrogens is 222 g/mol. The molecule has 1 saturated heterocycles. The molecule has 1 fully saturated rings. The number of hydrogen-bond acceptors (Lipinski definition) is 4. The topological polar surface area (TPSA) is 79.5 Å². The Morgan fingerprint density at radius 2 is 2.06 bits per heavy atom. The Balaban J connectivity index is 2.24. The lowest BCUT2D eigenvalue weighted by atomic mass is 9.88. The highest BCUT2D eigenvalue weighted by Gasteiger charge is 2.33. The largest absolute Gasteiger partial charge is 0.380 e. The molecule has 1 aliphatic heterocycles. The van der Waals surface area contributed by atoms with E-state index in [4.69, 9.17) is 4.74 Å². The van der Waals surface area contributed by atoms with Crippen LogP contribution in [0.5, 0.6) is 0 Å². The summed E-state index contributed by atoms with van der Waals surface area (Å²) in [4.78, 5) is 22.7. The number of carbonyl (C=O) groups excluding carboxylic acids is 2. The van der Waals surface area contributed by atoms with Crippen molar-refractivity contribution in [1.82, 2.24) is 16.0 Å². The van der Waals surface area contributed by atoms with E-state index in [0.29, 0.717) is 26.3 Å². The molecule has 0 aromatic carbocycles. The lowest BCUT2D eigenvalue weighted by molar-refractivity contribution is -0.123. The first-order valence-electron chi connectivity index (χ1n) is 5.87. The van der Waals surface area contributed by atoms with Crippen molar-refractivity contribution in [3.63, 3.8) is 0 Å². The third kappa shape index (κ3) is 4.32. The van der Waals surface area contributed by atoms with E-state index in [9.17, 15) is 9.59 Å². The van der Waals surface area contributed by atoms with E-state index in [0.717, 1.165) is 0 Å². The van der Waals surface area contributed by atoms with Crippen LogP contribution in [0, 0.1) is 5.41 Å². The molecule has 1 atom stereocenters. The van der Waals surface area contributed by atoms with Crippen LogP contribution < -0.4 is 16.0 Å². The number of carbonyl (C=O) groups is 2. The summed E-state index contributed by atoms with van der Waals surface area (Å²) in [5.74, 6) is -0.320. The van der Waals surface area contributed by atoms with Crippen LogP contribution in [-0.2, 0) is 9.53 Å². The van der Waals surface area contributed by atoms with E-state index < -0.39 is 12.1 Å². The second-order valence-corrected chi connectivity index (χ2v) is 4.75. The standard InChI is InChI=1S/C11H21N3O3/c1-4-12-10(16)14-9(15)8(2)13-5-11(3)6-17-7-11/h8,13H,4-7H2,1-3H3,(H2,12,14,15,16). The van der Waals surface area contributed by atoms with Crippen molar-refractivity contribution in [1.29, 1.82) is 0 Å². The van der Waals surface area contributed by atoms with Crippen LogP contribution in [0.3, 0.4) is 0 Å². The van der Waals surface area contributed by atoms with Gasteiger partial charge in [0.2, 0.25) is 5.91 Å². The van der Waals surface area contributed by atoms with Gasteiger partial charge in [-0.15, -0.1) is 0 Å². The average Bonchev–Trinajstić information content (AvgIpc) is 2.23. The molecule has 3 N–H and O–H groups in total. The summed E-state index contributed by atoms with van der Waals surface area (Å²) in [5, 5.41) is 7.88. The molecule has 1 heterocycles. The second kappa shape index (κ2) is 5.97. The van der Waals surface area contributed by atoms with E-state index >= 15 is 0 Å². The summed E-state index contributed by atoms with van der Waals surface area (Å²) in [5.41, 5.74) is 0.111. The lowest BCUT2D eigenvalue weighted by Gasteiger charge is -2.38. The third-order valence-corrected chi connectivity index (χ3v) is 2.70. The van der Waals surface area contributed by atoms with E-state index in [1.165, 1.54) is 0 Å². The number of amides is 3. The van der Waals surface area contributed by atoms with Gasteiger partial charge >= 0.3 is 6.03 Å². The van der Waals surface area contributed by atoms with Gasteiger partial charge in [0.25, 0.3) is 0 Å². The van der Waals surface area contributed by atoms with Gasteiger partial charge in [0, 0.05) is 18.5 Å². The molecule has 0 radical (unpaired) electrons. The van der Waals surface area contributed by atoms with Gasteiger partial charge in [-0.1, -0.05) is 6.92 Å². The second-order valence-electron chi connectivity index (χ2n) is 4.75.